The van der Waals surface area contributed by atoms with Gasteiger partial charge in [0.05, 0.1) is 0 Å². The van der Waals surface area contributed by atoms with Crippen LogP contribution in [0.3, 0.4) is 0 Å². The van der Waals surface area contributed by atoms with Crippen molar-refractivity contribution in [2.45, 2.75) is 25.5 Å². The molecule has 2 unspecified atom stereocenters. The molecule has 0 aliphatic heterocycles. The van der Waals surface area contributed by atoms with Crippen LogP contribution in [0.25, 0.3) is 0 Å². The topological polar surface area (TPSA) is 32.3 Å². The second kappa shape index (κ2) is 5.96. The van der Waals surface area contributed by atoms with Gasteiger partial charge in [-0.1, -0.05) is 19.1 Å². The number of aliphatic hydroxyl groups is 1. The van der Waals surface area contributed by atoms with E-state index in [0.29, 0.717) is 0 Å². The van der Waals surface area contributed by atoms with E-state index < -0.39 is 6.10 Å². The van der Waals surface area contributed by atoms with Crippen molar-refractivity contribution < 1.29 is 5.11 Å². The highest BCUT2D eigenvalue weighted by Gasteiger charge is 2.18. The van der Waals surface area contributed by atoms with Gasteiger partial charge in [0.2, 0.25) is 0 Å². The minimum Gasteiger partial charge on any atom is -0.386 e. The molecule has 0 spiro atoms. The summed E-state index contributed by atoms with van der Waals surface area (Å²) in [4.78, 5) is 1.02. The van der Waals surface area contributed by atoms with Gasteiger partial charge in [-0.15, -0.1) is 17.9 Å². The minimum absolute atomic E-state index is 0.117. The van der Waals surface area contributed by atoms with Gasteiger partial charge in [-0.3, -0.25) is 0 Å². The van der Waals surface area contributed by atoms with Crippen LogP contribution in [0.4, 0.5) is 0 Å². The Morgan fingerprint density at radius 3 is 3.00 bits per heavy atom. The number of aliphatic hydroxyl groups excluding tert-OH is 1. The lowest BCUT2D eigenvalue weighted by Crippen LogP contribution is -2.34. The van der Waals surface area contributed by atoms with Crippen molar-refractivity contribution in [2.75, 3.05) is 6.54 Å². The summed E-state index contributed by atoms with van der Waals surface area (Å²) < 4.78 is 0. The van der Waals surface area contributed by atoms with Crippen LogP contribution in [0.15, 0.2) is 30.2 Å². The fourth-order valence-electron chi connectivity index (χ4n) is 1.37. The summed E-state index contributed by atoms with van der Waals surface area (Å²) in [5, 5.41) is 15.2. The maximum absolute atomic E-state index is 10.0. The van der Waals surface area contributed by atoms with Gasteiger partial charge in [-0.2, -0.15) is 0 Å². The first-order valence-corrected chi connectivity index (χ1v) is 5.73. The zero-order valence-electron chi connectivity index (χ0n) is 8.44. The highest BCUT2D eigenvalue weighted by molar-refractivity contribution is 7.10. The lowest BCUT2D eigenvalue weighted by molar-refractivity contribution is 0.131. The molecule has 1 heterocycles. The second-order valence-electron chi connectivity index (χ2n) is 3.17. The number of nitrogens with one attached hydrogen (secondary N) is 1. The first kappa shape index (κ1) is 11.4. The van der Waals surface area contributed by atoms with Gasteiger partial charge in [-0.25, -0.2) is 0 Å². The summed E-state index contributed by atoms with van der Waals surface area (Å²) in [7, 11) is 0. The second-order valence-corrected chi connectivity index (χ2v) is 4.15. The Labute approximate surface area is 89.3 Å². The molecule has 0 aromatic carbocycles. The van der Waals surface area contributed by atoms with Crippen molar-refractivity contribution in [2.24, 2.45) is 0 Å². The number of rotatable bonds is 6. The first-order chi connectivity index (χ1) is 6.79. The molecular formula is C11H17NOS. The van der Waals surface area contributed by atoms with Crippen molar-refractivity contribution in [1.82, 2.24) is 5.32 Å². The van der Waals surface area contributed by atoms with E-state index in [2.05, 4.69) is 18.8 Å². The van der Waals surface area contributed by atoms with Gasteiger partial charge >= 0.3 is 0 Å². The van der Waals surface area contributed by atoms with E-state index in [1.807, 2.05) is 23.6 Å². The monoisotopic (exact) mass is 211 g/mol. The summed E-state index contributed by atoms with van der Waals surface area (Å²) in [5.74, 6) is 0. The first-order valence-electron chi connectivity index (χ1n) is 4.85. The molecule has 0 fully saturated rings. The largest absolute Gasteiger partial charge is 0.386 e. The zero-order valence-corrected chi connectivity index (χ0v) is 9.26. The standard InChI is InChI=1S/C11H17NOS/c1-3-7-12-9(4-2)11(13)10-6-5-8-14-10/h3,5-6,8-9,11-13H,1,4,7H2,2H3. The molecule has 14 heavy (non-hydrogen) atoms. The smallest absolute Gasteiger partial charge is 0.103 e. The molecule has 1 rings (SSSR count). The summed E-state index contributed by atoms with van der Waals surface area (Å²) in [5.41, 5.74) is 0. The SMILES string of the molecule is C=CCNC(CC)C(O)c1cccs1. The van der Waals surface area contributed by atoms with Crippen LogP contribution >= 0.6 is 11.3 Å². The Morgan fingerprint density at radius 2 is 2.50 bits per heavy atom. The van der Waals surface area contributed by atoms with Crippen molar-refractivity contribution in [1.29, 1.82) is 0 Å². The Balaban J connectivity index is 2.55. The molecular weight excluding hydrogens is 194 g/mol. The van der Waals surface area contributed by atoms with Crippen LogP contribution in [0.1, 0.15) is 24.3 Å². The molecule has 0 aliphatic rings. The predicted molar refractivity (Wildman–Crippen MR) is 61.6 cm³/mol. The quantitative estimate of drug-likeness (QED) is 0.708. The number of thiophene rings is 1. The highest BCUT2D eigenvalue weighted by atomic mass is 32.1. The predicted octanol–water partition coefficient (Wildman–Crippen LogP) is 2.34. The Hall–Kier alpha value is -0.640. The normalized spacial score (nSPS) is 15.0. The summed E-state index contributed by atoms with van der Waals surface area (Å²) in [6.07, 6.45) is 2.32. The molecule has 1 aromatic heterocycles. The molecule has 0 saturated heterocycles. The van der Waals surface area contributed by atoms with Crippen molar-refractivity contribution in [3.63, 3.8) is 0 Å². The highest BCUT2D eigenvalue weighted by Crippen LogP contribution is 2.23. The van der Waals surface area contributed by atoms with Crippen LogP contribution in [0.5, 0.6) is 0 Å². The molecule has 2 atom stereocenters. The fourth-order valence-corrected chi connectivity index (χ4v) is 2.15. The van der Waals surface area contributed by atoms with Crippen LogP contribution in [0, 0.1) is 0 Å². The van der Waals surface area contributed by atoms with Crippen molar-refractivity contribution in [3.8, 4) is 0 Å². The molecule has 0 aliphatic carbocycles. The lowest BCUT2D eigenvalue weighted by Gasteiger charge is -2.21. The third-order valence-corrected chi connectivity index (χ3v) is 3.12. The molecule has 0 bridgehead atoms. The van der Waals surface area contributed by atoms with Gasteiger partial charge in [-0.05, 0) is 17.9 Å². The molecule has 0 radical (unpaired) electrons. The fraction of sp³-hybridized carbons (Fsp3) is 0.455. The molecule has 2 N–H and O–H groups in total. The van der Waals surface area contributed by atoms with E-state index in [-0.39, 0.29) is 6.04 Å². The van der Waals surface area contributed by atoms with Crippen molar-refractivity contribution >= 4 is 11.3 Å². The van der Waals surface area contributed by atoms with E-state index in [0.717, 1.165) is 17.8 Å². The van der Waals surface area contributed by atoms with Crippen LogP contribution in [-0.2, 0) is 0 Å². The molecule has 78 valence electrons. The zero-order chi connectivity index (χ0) is 10.4. The maximum atomic E-state index is 10.0. The average molecular weight is 211 g/mol. The third-order valence-electron chi connectivity index (χ3n) is 2.18. The van der Waals surface area contributed by atoms with E-state index in [4.69, 9.17) is 0 Å². The van der Waals surface area contributed by atoms with Crippen LogP contribution < -0.4 is 5.32 Å². The molecule has 2 nitrogen and oxygen atoms in total. The van der Waals surface area contributed by atoms with E-state index in [1.165, 1.54) is 0 Å². The lowest BCUT2D eigenvalue weighted by atomic mass is 10.1. The van der Waals surface area contributed by atoms with E-state index in [9.17, 15) is 5.11 Å². The Bertz CT molecular complexity index is 258. The average Bonchev–Trinajstić information content (AvgIpc) is 2.71. The summed E-state index contributed by atoms with van der Waals surface area (Å²) in [6, 6.07) is 4.04. The Morgan fingerprint density at radius 1 is 1.71 bits per heavy atom. The third kappa shape index (κ3) is 2.94. The summed E-state index contributed by atoms with van der Waals surface area (Å²) in [6.45, 7) is 6.45. The maximum Gasteiger partial charge on any atom is 0.103 e. The number of hydrogen-bond donors (Lipinski definition) is 2. The summed E-state index contributed by atoms with van der Waals surface area (Å²) >= 11 is 1.59. The van der Waals surface area contributed by atoms with Gasteiger partial charge in [0, 0.05) is 17.5 Å². The molecule has 0 saturated carbocycles. The molecule has 3 heteroatoms. The molecule has 0 amide bonds. The Kier molecular flexibility index (Phi) is 4.87. The van der Waals surface area contributed by atoms with Crippen molar-refractivity contribution in [3.05, 3.63) is 35.0 Å². The van der Waals surface area contributed by atoms with Crippen LogP contribution in [-0.4, -0.2) is 17.7 Å². The van der Waals surface area contributed by atoms with Gasteiger partial charge in [0.25, 0.3) is 0 Å². The van der Waals surface area contributed by atoms with E-state index >= 15 is 0 Å². The van der Waals surface area contributed by atoms with Crippen LogP contribution in [0.2, 0.25) is 0 Å². The molecule has 1 aromatic rings. The minimum atomic E-state index is -0.403. The van der Waals surface area contributed by atoms with Gasteiger partial charge < -0.3 is 10.4 Å². The van der Waals surface area contributed by atoms with Gasteiger partial charge in [0.1, 0.15) is 6.10 Å². The number of hydrogen-bond acceptors (Lipinski definition) is 3. The van der Waals surface area contributed by atoms with E-state index in [1.54, 1.807) is 11.3 Å². The van der Waals surface area contributed by atoms with Gasteiger partial charge in [0.15, 0.2) is 0 Å².